The van der Waals surface area contributed by atoms with Gasteiger partial charge in [0.2, 0.25) is 5.76 Å². The van der Waals surface area contributed by atoms with Crippen LogP contribution < -0.4 is 5.32 Å². The lowest BCUT2D eigenvalue weighted by molar-refractivity contribution is 0.0561. The quantitative estimate of drug-likeness (QED) is 0.608. The molecule has 28 heavy (non-hydrogen) atoms. The summed E-state index contributed by atoms with van der Waals surface area (Å²) in [5, 5.41) is 3.02. The monoisotopic (exact) mass is 403 g/mol. The van der Waals surface area contributed by atoms with Crippen molar-refractivity contribution < 1.29 is 18.7 Å². The van der Waals surface area contributed by atoms with Crippen molar-refractivity contribution >= 4 is 29.4 Å². The van der Waals surface area contributed by atoms with Crippen LogP contribution in [0.1, 0.15) is 22.7 Å². The number of anilines is 1. The van der Waals surface area contributed by atoms with E-state index in [2.05, 4.69) is 15.0 Å². The molecule has 2 amide bonds. The Morgan fingerprint density at radius 1 is 1.14 bits per heavy atom. The Hall–Kier alpha value is -2.45. The van der Waals surface area contributed by atoms with Crippen molar-refractivity contribution in [2.45, 2.75) is 17.9 Å². The molecule has 150 valence electrons. The summed E-state index contributed by atoms with van der Waals surface area (Å²) in [5.41, 5.74) is 0.840. The van der Waals surface area contributed by atoms with Crippen molar-refractivity contribution in [1.29, 1.82) is 0 Å². The summed E-state index contributed by atoms with van der Waals surface area (Å²) < 4.78 is 10.2. The normalized spacial score (nSPS) is 15.1. The maximum absolute atomic E-state index is 12.7. The summed E-state index contributed by atoms with van der Waals surface area (Å²) >= 11 is 1.61. The number of thioether (sulfide) groups is 1. The molecule has 2 aromatic rings. The first-order chi connectivity index (χ1) is 13.6. The molecule has 2 heterocycles. The van der Waals surface area contributed by atoms with E-state index >= 15 is 0 Å². The summed E-state index contributed by atoms with van der Waals surface area (Å²) in [4.78, 5) is 29.3. The topological polar surface area (TPSA) is 75.0 Å². The third kappa shape index (κ3) is 5.08. The van der Waals surface area contributed by atoms with Gasteiger partial charge in [-0.3, -0.25) is 4.90 Å². The summed E-state index contributed by atoms with van der Waals surface area (Å²) in [6, 6.07) is 11.1. The first-order valence-electron chi connectivity index (χ1n) is 9.19. The number of benzene rings is 1. The smallest absolute Gasteiger partial charge is 0.373 e. The molecule has 7 nitrogen and oxygen atoms in total. The highest BCUT2D eigenvalue weighted by molar-refractivity contribution is 7.98. The number of amides is 2. The molecular formula is C20H25N3O4S. The highest BCUT2D eigenvalue weighted by Gasteiger charge is 2.21. The van der Waals surface area contributed by atoms with E-state index in [4.69, 9.17) is 4.42 Å². The number of ether oxygens (including phenoxy) is 1. The van der Waals surface area contributed by atoms with E-state index in [-0.39, 0.29) is 11.8 Å². The molecule has 1 aromatic heterocycles. The van der Waals surface area contributed by atoms with Gasteiger partial charge in [0.1, 0.15) is 5.76 Å². The fraction of sp³-hybridized carbons (Fsp3) is 0.400. The Morgan fingerprint density at radius 2 is 1.96 bits per heavy atom. The van der Waals surface area contributed by atoms with Gasteiger partial charge in [-0.25, -0.2) is 9.59 Å². The molecule has 1 aromatic carbocycles. The second-order valence-corrected chi connectivity index (χ2v) is 7.35. The van der Waals surface area contributed by atoms with Crippen LogP contribution in [0.2, 0.25) is 0 Å². The molecule has 1 N–H and O–H groups in total. The maximum Gasteiger partial charge on any atom is 0.373 e. The predicted molar refractivity (Wildman–Crippen MR) is 109 cm³/mol. The molecule has 1 aliphatic rings. The number of nitrogens with one attached hydrogen (secondary N) is 1. The lowest BCUT2D eigenvalue weighted by atomic mass is 10.3. The highest BCUT2D eigenvalue weighted by Crippen LogP contribution is 2.25. The zero-order chi connectivity index (χ0) is 19.9. The number of methoxy groups -OCH3 is 1. The van der Waals surface area contributed by atoms with Gasteiger partial charge in [-0.2, -0.15) is 0 Å². The molecule has 1 aliphatic heterocycles. The van der Waals surface area contributed by atoms with Crippen LogP contribution in [0.5, 0.6) is 0 Å². The zero-order valence-electron chi connectivity index (χ0n) is 16.1. The highest BCUT2D eigenvalue weighted by atomic mass is 32.2. The molecule has 0 spiro atoms. The van der Waals surface area contributed by atoms with Gasteiger partial charge in [0.15, 0.2) is 0 Å². The van der Waals surface area contributed by atoms with Gasteiger partial charge >= 0.3 is 12.0 Å². The van der Waals surface area contributed by atoms with Gasteiger partial charge in [0.05, 0.1) is 19.3 Å². The number of rotatable bonds is 5. The average molecular weight is 404 g/mol. The van der Waals surface area contributed by atoms with Crippen molar-refractivity contribution in [1.82, 2.24) is 9.80 Å². The lowest BCUT2D eigenvalue weighted by Crippen LogP contribution is -2.38. The van der Waals surface area contributed by atoms with E-state index in [0.29, 0.717) is 25.4 Å². The Bertz CT molecular complexity index is 823. The Kier molecular flexibility index (Phi) is 7.00. The van der Waals surface area contributed by atoms with Gasteiger partial charge in [-0.1, -0.05) is 12.1 Å². The van der Waals surface area contributed by atoms with Crippen LogP contribution in [0.15, 0.2) is 45.7 Å². The molecule has 0 saturated carbocycles. The molecule has 3 rings (SSSR count). The minimum absolute atomic E-state index is 0.0747. The minimum atomic E-state index is -0.476. The Balaban J connectivity index is 1.55. The second kappa shape index (κ2) is 9.66. The second-order valence-electron chi connectivity index (χ2n) is 6.50. The van der Waals surface area contributed by atoms with Gasteiger partial charge in [0.25, 0.3) is 0 Å². The summed E-state index contributed by atoms with van der Waals surface area (Å²) in [7, 11) is 1.33. The van der Waals surface area contributed by atoms with Crippen molar-refractivity contribution in [2.24, 2.45) is 0 Å². The molecule has 0 bridgehead atoms. The lowest BCUT2D eigenvalue weighted by Gasteiger charge is -2.22. The first-order valence-corrected chi connectivity index (χ1v) is 10.4. The summed E-state index contributed by atoms with van der Waals surface area (Å²) in [6.45, 7) is 3.54. The standard InChI is InChI=1S/C20H25N3O4S/c1-26-19(24)17-9-8-15(27-17)14-22-10-5-11-23(13-12-22)20(25)21-16-6-3-4-7-18(16)28-2/h3-4,6-9H,5,10-14H2,1-2H3,(H,21,25). The first kappa shape index (κ1) is 20.3. The number of hydrogen-bond donors (Lipinski definition) is 1. The SMILES string of the molecule is COC(=O)c1ccc(CN2CCCN(C(=O)Nc3ccccc3SC)CC2)o1. The van der Waals surface area contributed by atoms with Crippen LogP contribution in [-0.4, -0.2) is 61.3 Å². The van der Waals surface area contributed by atoms with E-state index in [1.54, 1.807) is 23.9 Å². The average Bonchev–Trinajstić information content (AvgIpc) is 3.05. The number of hydrogen-bond acceptors (Lipinski definition) is 6. The molecule has 0 atom stereocenters. The number of carbonyl (C=O) groups excluding carboxylic acids is 2. The van der Waals surface area contributed by atoms with Gasteiger partial charge < -0.3 is 19.4 Å². The van der Waals surface area contributed by atoms with Crippen LogP contribution in [0.4, 0.5) is 10.5 Å². The molecule has 0 radical (unpaired) electrons. The molecule has 0 aliphatic carbocycles. The van der Waals surface area contributed by atoms with Gasteiger partial charge in [-0.05, 0) is 36.9 Å². The van der Waals surface area contributed by atoms with E-state index in [9.17, 15) is 9.59 Å². The van der Waals surface area contributed by atoms with Crippen molar-refractivity contribution in [3.63, 3.8) is 0 Å². The largest absolute Gasteiger partial charge is 0.463 e. The number of esters is 1. The van der Waals surface area contributed by atoms with Crippen LogP contribution in [0.25, 0.3) is 0 Å². The van der Waals surface area contributed by atoms with Crippen molar-refractivity contribution in [3.8, 4) is 0 Å². The fourth-order valence-corrected chi connectivity index (χ4v) is 3.72. The van der Waals surface area contributed by atoms with Crippen LogP contribution in [0.3, 0.4) is 0 Å². The molecule has 1 saturated heterocycles. The fourth-order valence-electron chi connectivity index (χ4n) is 3.17. The Labute approximate surface area is 169 Å². The van der Waals surface area contributed by atoms with Crippen LogP contribution >= 0.6 is 11.8 Å². The molecular weight excluding hydrogens is 378 g/mol. The zero-order valence-corrected chi connectivity index (χ0v) is 17.0. The maximum atomic E-state index is 12.7. The van der Waals surface area contributed by atoms with E-state index in [1.807, 2.05) is 35.4 Å². The number of para-hydroxylation sites is 1. The third-order valence-electron chi connectivity index (χ3n) is 4.65. The third-order valence-corrected chi connectivity index (χ3v) is 5.45. The minimum Gasteiger partial charge on any atom is -0.463 e. The van der Waals surface area contributed by atoms with E-state index < -0.39 is 5.97 Å². The van der Waals surface area contributed by atoms with Crippen LogP contribution in [0, 0.1) is 0 Å². The van der Waals surface area contributed by atoms with E-state index in [1.165, 1.54) is 7.11 Å². The summed E-state index contributed by atoms with van der Waals surface area (Å²) in [6.07, 6.45) is 2.87. The van der Waals surface area contributed by atoms with Gasteiger partial charge in [0, 0.05) is 31.1 Å². The Morgan fingerprint density at radius 3 is 2.75 bits per heavy atom. The van der Waals surface area contributed by atoms with Gasteiger partial charge in [-0.15, -0.1) is 11.8 Å². The molecule has 8 heteroatoms. The predicted octanol–water partition coefficient (Wildman–Crippen LogP) is 3.53. The molecule has 0 unspecified atom stereocenters. The van der Waals surface area contributed by atoms with Crippen molar-refractivity contribution in [2.75, 3.05) is 44.9 Å². The van der Waals surface area contributed by atoms with Crippen LogP contribution in [-0.2, 0) is 11.3 Å². The van der Waals surface area contributed by atoms with Crippen molar-refractivity contribution in [3.05, 3.63) is 47.9 Å². The van der Waals surface area contributed by atoms with E-state index in [0.717, 1.165) is 30.1 Å². The number of nitrogens with zero attached hydrogens (tertiary/aromatic N) is 2. The summed E-state index contributed by atoms with van der Waals surface area (Å²) in [5.74, 6) is 0.448. The molecule has 1 fully saturated rings. The number of urea groups is 1. The number of carbonyl (C=O) groups is 2. The number of furan rings is 1.